The van der Waals surface area contributed by atoms with Crippen molar-refractivity contribution in [3.63, 3.8) is 0 Å². The van der Waals surface area contributed by atoms with E-state index in [1.165, 1.54) is 0 Å². The minimum absolute atomic E-state index is 0.187. The van der Waals surface area contributed by atoms with Crippen LogP contribution in [0.5, 0.6) is 0 Å². The largest absolute Gasteiger partial charge is 0.345 e. The zero-order valence-corrected chi connectivity index (χ0v) is 16.6. The Morgan fingerprint density at radius 2 is 1.88 bits per heavy atom. The molecule has 1 N–H and O–H groups in total. The molecule has 0 unspecified atom stereocenters. The Hall–Kier alpha value is -2.11. The van der Waals surface area contributed by atoms with E-state index in [0.29, 0.717) is 21.3 Å². The summed E-state index contributed by atoms with van der Waals surface area (Å²) in [6.07, 6.45) is 1.74. The molecule has 0 saturated heterocycles. The number of rotatable bonds is 4. The number of hydrogen-bond acceptors (Lipinski definition) is 3. The zero-order chi connectivity index (χ0) is 19.0. The summed E-state index contributed by atoms with van der Waals surface area (Å²) in [6.45, 7) is 7.82. The molecule has 136 valence electrons. The molecule has 0 aliphatic rings. The first-order valence-electron chi connectivity index (χ1n) is 8.38. The molecule has 3 rings (SSSR count). The molecule has 0 radical (unpaired) electrons. The van der Waals surface area contributed by atoms with E-state index in [4.69, 9.17) is 23.2 Å². The van der Waals surface area contributed by atoms with E-state index >= 15 is 0 Å². The molecule has 7 heteroatoms. The molecule has 26 heavy (non-hydrogen) atoms. The number of carbonyl (C=O) groups is 1. The average molecular weight is 391 g/mol. The van der Waals surface area contributed by atoms with Gasteiger partial charge >= 0.3 is 0 Å². The number of aryl methyl sites for hydroxylation is 1. The third-order valence-corrected chi connectivity index (χ3v) is 5.02. The maximum absolute atomic E-state index is 12.7. The van der Waals surface area contributed by atoms with Gasteiger partial charge < -0.3 is 5.32 Å². The Bertz CT molecular complexity index is 981. The highest BCUT2D eigenvalue weighted by molar-refractivity contribution is 6.42. The van der Waals surface area contributed by atoms with Crippen molar-refractivity contribution < 1.29 is 4.79 Å². The van der Waals surface area contributed by atoms with Crippen molar-refractivity contribution in [1.29, 1.82) is 0 Å². The first kappa shape index (κ1) is 18.7. The summed E-state index contributed by atoms with van der Waals surface area (Å²) >= 11 is 12.0. The number of hydrogen-bond donors (Lipinski definition) is 1. The number of carbonyl (C=O) groups excluding carboxylic acids is 1. The van der Waals surface area contributed by atoms with Crippen molar-refractivity contribution in [2.45, 2.75) is 39.8 Å². The van der Waals surface area contributed by atoms with Crippen LogP contribution < -0.4 is 5.32 Å². The summed E-state index contributed by atoms with van der Waals surface area (Å²) in [5.41, 5.74) is 2.87. The van der Waals surface area contributed by atoms with Crippen molar-refractivity contribution >= 4 is 40.1 Å². The SMILES string of the molecule is Cc1nc2c(cnn2C(C)C)cc1C(=O)N[C@H](C)c1ccc(Cl)c(Cl)c1. The fourth-order valence-electron chi connectivity index (χ4n) is 2.81. The highest BCUT2D eigenvalue weighted by Gasteiger charge is 2.18. The van der Waals surface area contributed by atoms with Crippen molar-refractivity contribution in [3.8, 4) is 0 Å². The Balaban J connectivity index is 1.87. The van der Waals surface area contributed by atoms with Gasteiger partial charge in [-0.05, 0) is 51.5 Å². The molecular weight excluding hydrogens is 371 g/mol. The van der Waals surface area contributed by atoms with Crippen LogP contribution in [0.25, 0.3) is 11.0 Å². The first-order chi connectivity index (χ1) is 12.3. The van der Waals surface area contributed by atoms with Crippen LogP contribution in [-0.2, 0) is 0 Å². The van der Waals surface area contributed by atoms with Gasteiger partial charge in [0.05, 0.1) is 33.5 Å². The molecule has 3 aromatic rings. The van der Waals surface area contributed by atoms with Crippen LogP contribution in [-0.4, -0.2) is 20.7 Å². The predicted octanol–water partition coefficient (Wildman–Crippen LogP) is 5.12. The topological polar surface area (TPSA) is 59.8 Å². The number of nitrogens with one attached hydrogen (secondary N) is 1. The standard InChI is InChI=1S/C19H20Cl2N4O/c1-10(2)25-18-14(9-22-25)7-15(12(4)23-18)19(26)24-11(3)13-5-6-16(20)17(21)8-13/h5-11H,1-4H3,(H,24,26)/t11-/m1/s1. The number of fused-ring (bicyclic) bond motifs is 1. The van der Waals surface area contributed by atoms with Gasteiger partial charge in [-0.1, -0.05) is 29.3 Å². The lowest BCUT2D eigenvalue weighted by molar-refractivity contribution is 0.0939. The summed E-state index contributed by atoms with van der Waals surface area (Å²) in [4.78, 5) is 17.3. The normalized spacial score (nSPS) is 12.6. The molecule has 2 aromatic heterocycles. The molecule has 0 aliphatic carbocycles. The number of benzene rings is 1. The number of pyridine rings is 1. The molecule has 5 nitrogen and oxygen atoms in total. The third-order valence-electron chi connectivity index (χ3n) is 4.28. The number of halogens is 2. The van der Waals surface area contributed by atoms with E-state index in [1.807, 2.05) is 44.5 Å². The first-order valence-corrected chi connectivity index (χ1v) is 9.14. The number of aromatic nitrogens is 3. The second-order valence-electron chi connectivity index (χ2n) is 6.59. The second-order valence-corrected chi connectivity index (χ2v) is 7.40. The molecule has 0 spiro atoms. The maximum Gasteiger partial charge on any atom is 0.253 e. The third kappa shape index (κ3) is 3.55. The number of nitrogens with zero attached hydrogens (tertiary/aromatic N) is 3. The van der Waals surface area contributed by atoms with E-state index in [9.17, 15) is 4.79 Å². The van der Waals surface area contributed by atoms with Gasteiger partial charge in [-0.3, -0.25) is 4.79 Å². The Labute approximate surface area is 162 Å². The Morgan fingerprint density at radius 1 is 1.15 bits per heavy atom. The van der Waals surface area contributed by atoms with Crippen molar-refractivity contribution in [1.82, 2.24) is 20.1 Å². The van der Waals surface area contributed by atoms with Gasteiger partial charge in [-0.2, -0.15) is 5.10 Å². The smallest absolute Gasteiger partial charge is 0.253 e. The van der Waals surface area contributed by atoms with Gasteiger partial charge in [0.2, 0.25) is 0 Å². The van der Waals surface area contributed by atoms with Gasteiger partial charge in [0.1, 0.15) is 0 Å². The zero-order valence-electron chi connectivity index (χ0n) is 15.0. The summed E-state index contributed by atoms with van der Waals surface area (Å²) < 4.78 is 1.85. The van der Waals surface area contributed by atoms with Gasteiger partial charge in [-0.15, -0.1) is 0 Å². The summed E-state index contributed by atoms with van der Waals surface area (Å²) in [7, 11) is 0. The van der Waals surface area contributed by atoms with Gasteiger partial charge in [0, 0.05) is 11.4 Å². The fourth-order valence-corrected chi connectivity index (χ4v) is 3.12. The van der Waals surface area contributed by atoms with E-state index < -0.39 is 0 Å². The van der Waals surface area contributed by atoms with Crippen molar-refractivity contribution in [3.05, 3.63) is 57.3 Å². The van der Waals surface area contributed by atoms with Crippen LogP contribution in [0.4, 0.5) is 0 Å². The lowest BCUT2D eigenvalue weighted by atomic mass is 10.1. The van der Waals surface area contributed by atoms with E-state index in [2.05, 4.69) is 15.4 Å². The highest BCUT2D eigenvalue weighted by atomic mass is 35.5. The predicted molar refractivity (Wildman–Crippen MR) is 105 cm³/mol. The summed E-state index contributed by atoms with van der Waals surface area (Å²) in [6, 6.07) is 7.15. The van der Waals surface area contributed by atoms with Crippen LogP contribution in [0.15, 0.2) is 30.5 Å². The molecule has 1 atom stereocenters. The van der Waals surface area contributed by atoms with E-state index in [1.54, 1.807) is 18.3 Å². The van der Waals surface area contributed by atoms with Gasteiger partial charge in [0.25, 0.3) is 5.91 Å². The van der Waals surface area contributed by atoms with Crippen LogP contribution in [0.1, 0.15) is 54.5 Å². The van der Waals surface area contributed by atoms with E-state index in [0.717, 1.165) is 16.6 Å². The van der Waals surface area contributed by atoms with Gasteiger partial charge in [0.15, 0.2) is 5.65 Å². The lowest BCUT2D eigenvalue weighted by Gasteiger charge is -2.16. The van der Waals surface area contributed by atoms with E-state index in [-0.39, 0.29) is 18.0 Å². The Kier molecular flexibility index (Phi) is 5.21. The minimum Gasteiger partial charge on any atom is -0.345 e. The quantitative estimate of drug-likeness (QED) is 0.672. The van der Waals surface area contributed by atoms with Crippen LogP contribution in [0.2, 0.25) is 10.0 Å². The summed E-state index contributed by atoms with van der Waals surface area (Å²) in [5.74, 6) is -0.187. The molecule has 1 aromatic carbocycles. The average Bonchev–Trinajstić information content (AvgIpc) is 2.99. The Morgan fingerprint density at radius 3 is 2.54 bits per heavy atom. The van der Waals surface area contributed by atoms with Crippen LogP contribution in [0.3, 0.4) is 0 Å². The number of amides is 1. The molecule has 0 fully saturated rings. The second kappa shape index (κ2) is 7.25. The van der Waals surface area contributed by atoms with Crippen molar-refractivity contribution in [2.24, 2.45) is 0 Å². The van der Waals surface area contributed by atoms with Crippen molar-refractivity contribution in [2.75, 3.05) is 0 Å². The highest BCUT2D eigenvalue weighted by Crippen LogP contribution is 2.26. The monoisotopic (exact) mass is 390 g/mol. The molecule has 2 heterocycles. The summed E-state index contributed by atoms with van der Waals surface area (Å²) in [5, 5.41) is 9.14. The van der Waals surface area contributed by atoms with Gasteiger partial charge in [-0.25, -0.2) is 9.67 Å². The molecule has 1 amide bonds. The van der Waals surface area contributed by atoms with Crippen LogP contribution in [0, 0.1) is 6.92 Å². The molecule has 0 bridgehead atoms. The maximum atomic E-state index is 12.7. The molecule has 0 aliphatic heterocycles. The lowest BCUT2D eigenvalue weighted by Crippen LogP contribution is -2.27. The molecular formula is C19H20Cl2N4O. The molecule has 0 saturated carbocycles. The fraction of sp³-hybridized carbons (Fsp3) is 0.316. The minimum atomic E-state index is -0.217. The van der Waals surface area contributed by atoms with Crippen LogP contribution >= 0.6 is 23.2 Å².